The van der Waals surface area contributed by atoms with Crippen molar-refractivity contribution in [3.8, 4) is 16.9 Å². The van der Waals surface area contributed by atoms with Crippen molar-refractivity contribution in [2.24, 2.45) is 0 Å². The molecule has 2 aromatic rings. The van der Waals surface area contributed by atoms with Gasteiger partial charge in [-0.15, -0.1) is 0 Å². The fourth-order valence-electron chi connectivity index (χ4n) is 6.94. The number of amides is 1. The molecule has 8 heteroatoms. The van der Waals surface area contributed by atoms with Crippen molar-refractivity contribution in [3.63, 3.8) is 0 Å². The van der Waals surface area contributed by atoms with Crippen molar-refractivity contribution < 1.29 is 28.2 Å². The third-order valence-electron chi connectivity index (χ3n) is 9.82. The molecule has 0 unspecified atom stereocenters. The molecule has 6 rings (SSSR count). The minimum atomic E-state index is -1.88. The zero-order valence-corrected chi connectivity index (χ0v) is 23.0. The summed E-state index contributed by atoms with van der Waals surface area (Å²) in [5, 5.41) is 15.8. The minimum absolute atomic E-state index is 0.0624. The summed E-state index contributed by atoms with van der Waals surface area (Å²) in [6, 6.07) is 10.2. The maximum absolute atomic E-state index is 15.5. The van der Waals surface area contributed by atoms with Gasteiger partial charge >= 0.3 is 5.97 Å². The van der Waals surface area contributed by atoms with Crippen molar-refractivity contribution >= 4 is 11.9 Å². The molecular formula is C32H38F2N2O4. The molecule has 0 radical (unpaired) electrons. The van der Waals surface area contributed by atoms with Gasteiger partial charge in [-0.1, -0.05) is 24.6 Å². The number of hydrogen-bond donors (Lipinski definition) is 3. The maximum Gasteiger partial charge on any atom is 0.310 e. The Bertz CT molecular complexity index is 1310. The number of carboxylic acid groups (broad SMARTS) is 1. The highest BCUT2D eigenvalue weighted by Crippen LogP contribution is 2.46. The molecule has 1 spiro atoms. The SMILES string of the molecule is C[C@@H](C(=O)O)c1ccc(O[C@@H]2CC[C@@H](NC(=O)[C@@]3(F)CNC4(CCC4)C3)C2)c(-c2cccc(F)c2C2CCC2)c1. The first-order valence-corrected chi connectivity index (χ1v) is 14.7. The largest absolute Gasteiger partial charge is 0.490 e. The fraction of sp³-hybridized carbons (Fsp3) is 0.562. The smallest absolute Gasteiger partial charge is 0.310 e. The number of rotatable bonds is 8. The van der Waals surface area contributed by atoms with Gasteiger partial charge in [0.25, 0.3) is 5.91 Å². The van der Waals surface area contributed by atoms with E-state index in [2.05, 4.69) is 10.6 Å². The van der Waals surface area contributed by atoms with Crippen LogP contribution < -0.4 is 15.4 Å². The second-order valence-electron chi connectivity index (χ2n) is 12.5. The Morgan fingerprint density at radius 2 is 1.90 bits per heavy atom. The number of nitrogens with one attached hydrogen (secondary N) is 2. The van der Waals surface area contributed by atoms with E-state index in [1.54, 1.807) is 25.1 Å². The average Bonchev–Trinajstić information content (AvgIpc) is 3.49. The number of ether oxygens (including phenoxy) is 1. The first kappa shape index (κ1) is 27.2. The molecule has 0 aromatic heterocycles. The van der Waals surface area contributed by atoms with Gasteiger partial charge < -0.3 is 20.5 Å². The fourth-order valence-corrected chi connectivity index (χ4v) is 6.94. The molecule has 3 aliphatic carbocycles. The minimum Gasteiger partial charge on any atom is -0.490 e. The van der Waals surface area contributed by atoms with E-state index in [4.69, 9.17) is 4.74 Å². The Balaban J connectivity index is 1.21. The molecular weight excluding hydrogens is 514 g/mol. The standard InChI is InChI=1S/C32H38F2N2O4/c1-19(29(37)38)21-9-12-27(25(15-21)24-7-3-8-26(33)28(24)20-5-2-6-20)40-23-11-10-22(16-23)36-30(39)32(34)17-31(35-18-32)13-4-14-31/h3,7-9,12,15,19-20,22-23,35H,2,4-6,10-11,13-14,16-18H2,1H3,(H,36,39)(H,37,38)/t19-,22-,23-,32+/m1/s1. The van der Waals surface area contributed by atoms with Crippen molar-refractivity contribution in [1.82, 2.24) is 10.6 Å². The molecule has 3 saturated carbocycles. The summed E-state index contributed by atoms with van der Waals surface area (Å²) in [5.41, 5.74) is 0.628. The number of halogens is 2. The van der Waals surface area contributed by atoms with Crippen LogP contribution in [0, 0.1) is 5.82 Å². The molecule has 1 aliphatic heterocycles. The molecule has 1 saturated heterocycles. The van der Waals surface area contributed by atoms with Crippen LogP contribution in [0.1, 0.15) is 94.1 Å². The number of aliphatic carboxylic acids is 1. The lowest BCUT2D eigenvalue weighted by molar-refractivity contribution is -0.138. The molecule has 214 valence electrons. The number of alkyl halides is 1. The van der Waals surface area contributed by atoms with Gasteiger partial charge in [-0.2, -0.15) is 0 Å². The summed E-state index contributed by atoms with van der Waals surface area (Å²) in [6.07, 6.45) is 7.77. The zero-order valence-electron chi connectivity index (χ0n) is 23.0. The molecule has 1 amide bonds. The summed E-state index contributed by atoms with van der Waals surface area (Å²) < 4.78 is 37.1. The summed E-state index contributed by atoms with van der Waals surface area (Å²) in [5.74, 6) is -1.74. The third kappa shape index (κ3) is 5.00. The second kappa shape index (κ2) is 10.4. The molecule has 6 nitrogen and oxygen atoms in total. The molecule has 4 fully saturated rings. The van der Waals surface area contributed by atoms with Crippen LogP contribution in [0.15, 0.2) is 36.4 Å². The van der Waals surface area contributed by atoms with Crippen LogP contribution in [-0.2, 0) is 9.59 Å². The topological polar surface area (TPSA) is 87.7 Å². The van der Waals surface area contributed by atoms with Crippen LogP contribution >= 0.6 is 0 Å². The number of hydrogen-bond acceptors (Lipinski definition) is 4. The molecule has 2 aromatic carbocycles. The maximum atomic E-state index is 15.5. The summed E-state index contributed by atoms with van der Waals surface area (Å²) >= 11 is 0. The third-order valence-corrected chi connectivity index (χ3v) is 9.82. The van der Waals surface area contributed by atoms with Gasteiger partial charge in [0.1, 0.15) is 17.7 Å². The number of carboxylic acids is 1. The van der Waals surface area contributed by atoms with Crippen LogP contribution in [0.5, 0.6) is 5.75 Å². The Morgan fingerprint density at radius 1 is 1.10 bits per heavy atom. The summed E-state index contributed by atoms with van der Waals surface area (Å²) in [6.45, 7) is 1.70. The summed E-state index contributed by atoms with van der Waals surface area (Å²) in [4.78, 5) is 24.7. The molecule has 0 bridgehead atoms. The Labute approximate surface area is 233 Å². The zero-order chi connectivity index (χ0) is 28.1. The molecule has 3 N–H and O–H groups in total. The lowest BCUT2D eigenvalue weighted by Gasteiger charge is -2.38. The monoisotopic (exact) mass is 552 g/mol. The highest BCUT2D eigenvalue weighted by Gasteiger charge is 2.55. The van der Waals surface area contributed by atoms with Gasteiger partial charge in [0.2, 0.25) is 5.67 Å². The van der Waals surface area contributed by atoms with E-state index in [1.165, 1.54) is 6.07 Å². The first-order valence-electron chi connectivity index (χ1n) is 14.7. The van der Waals surface area contributed by atoms with E-state index in [1.807, 2.05) is 12.1 Å². The number of carbonyl (C=O) groups is 2. The summed E-state index contributed by atoms with van der Waals surface area (Å²) in [7, 11) is 0. The predicted molar refractivity (Wildman–Crippen MR) is 148 cm³/mol. The van der Waals surface area contributed by atoms with Gasteiger partial charge in [-0.25, -0.2) is 8.78 Å². The Hall–Kier alpha value is -3.00. The van der Waals surface area contributed by atoms with Crippen LogP contribution in [0.2, 0.25) is 0 Å². The number of carbonyl (C=O) groups excluding carboxylic acids is 1. The van der Waals surface area contributed by atoms with Crippen molar-refractivity contribution in [2.45, 2.75) is 106 Å². The molecule has 4 aliphatic rings. The van der Waals surface area contributed by atoms with E-state index in [9.17, 15) is 14.7 Å². The van der Waals surface area contributed by atoms with Crippen molar-refractivity contribution in [1.29, 1.82) is 0 Å². The molecule has 40 heavy (non-hydrogen) atoms. The van der Waals surface area contributed by atoms with E-state index >= 15 is 8.78 Å². The van der Waals surface area contributed by atoms with E-state index < -0.39 is 23.5 Å². The van der Waals surface area contributed by atoms with E-state index in [-0.39, 0.29) is 42.4 Å². The van der Waals surface area contributed by atoms with Crippen LogP contribution in [0.3, 0.4) is 0 Å². The number of benzene rings is 2. The first-order chi connectivity index (χ1) is 19.2. The highest BCUT2D eigenvalue weighted by molar-refractivity contribution is 5.86. The second-order valence-corrected chi connectivity index (χ2v) is 12.5. The van der Waals surface area contributed by atoms with Crippen molar-refractivity contribution in [2.75, 3.05) is 6.54 Å². The van der Waals surface area contributed by atoms with E-state index in [0.717, 1.165) is 44.1 Å². The van der Waals surface area contributed by atoms with Gasteiger partial charge in [0.05, 0.1) is 5.92 Å². The molecule has 1 heterocycles. The normalized spacial score (nSPS) is 28.1. The molecule has 4 atom stereocenters. The van der Waals surface area contributed by atoms with Gasteiger partial charge in [0, 0.05) is 36.5 Å². The Morgan fingerprint density at radius 3 is 2.55 bits per heavy atom. The lowest BCUT2D eigenvalue weighted by Crippen LogP contribution is -2.49. The van der Waals surface area contributed by atoms with Crippen LogP contribution in [-0.4, -0.2) is 46.9 Å². The van der Waals surface area contributed by atoms with E-state index in [0.29, 0.717) is 41.7 Å². The van der Waals surface area contributed by atoms with Gasteiger partial charge in [-0.05, 0) is 92.7 Å². The van der Waals surface area contributed by atoms with Crippen LogP contribution in [0.25, 0.3) is 11.1 Å². The predicted octanol–water partition coefficient (Wildman–Crippen LogP) is 5.99. The highest BCUT2D eigenvalue weighted by atomic mass is 19.1. The van der Waals surface area contributed by atoms with Gasteiger partial charge in [0.15, 0.2) is 0 Å². The van der Waals surface area contributed by atoms with Crippen LogP contribution in [0.4, 0.5) is 8.78 Å². The average molecular weight is 553 g/mol. The van der Waals surface area contributed by atoms with Gasteiger partial charge in [-0.3, -0.25) is 9.59 Å². The lowest BCUT2D eigenvalue weighted by atomic mass is 9.74. The van der Waals surface area contributed by atoms with Crippen molar-refractivity contribution in [3.05, 3.63) is 53.3 Å². The Kier molecular flexibility index (Phi) is 7.09. The quantitative estimate of drug-likeness (QED) is 0.375.